The molecule has 1 amide bonds. The van der Waals surface area contributed by atoms with Gasteiger partial charge in [-0.15, -0.1) is 11.3 Å². The first-order chi connectivity index (χ1) is 8.70. The maximum Gasteiger partial charge on any atom is 0.268 e. The van der Waals surface area contributed by atoms with Crippen molar-refractivity contribution in [2.24, 2.45) is 0 Å². The van der Waals surface area contributed by atoms with Crippen LogP contribution in [0.3, 0.4) is 0 Å². The summed E-state index contributed by atoms with van der Waals surface area (Å²) in [6.07, 6.45) is 4.45. The van der Waals surface area contributed by atoms with Gasteiger partial charge in [0.2, 0.25) is 0 Å². The van der Waals surface area contributed by atoms with Crippen molar-refractivity contribution in [2.75, 3.05) is 7.11 Å². The topological polar surface area (TPSA) is 29.5 Å². The number of piperidine rings is 1. The van der Waals surface area contributed by atoms with E-state index in [4.69, 9.17) is 4.74 Å². The molecule has 5 heteroatoms. The Morgan fingerprint density at radius 2 is 2.11 bits per heavy atom. The summed E-state index contributed by atoms with van der Waals surface area (Å²) in [6.45, 7) is 0. The van der Waals surface area contributed by atoms with E-state index < -0.39 is 0 Å². The Labute approximate surface area is 119 Å². The maximum atomic E-state index is 12.6. The van der Waals surface area contributed by atoms with E-state index in [1.165, 1.54) is 11.3 Å². The summed E-state index contributed by atoms with van der Waals surface area (Å²) < 4.78 is 5.26. The van der Waals surface area contributed by atoms with Gasteiger partial charge in [0, 0.05) is 16.9 Å². The zero-order valence-electron chi connectivity index (χ0n) is 10.3. The summed E-state index contributed by atoms with van der Waals surface area (Å²) in [6, 6.07) is 2.69. The third-order valence-corrected chi connectivity index (χ3v) is 5.58. The lowest BCUT2D eigenvalue weighted by atomic mass is 10.0. The molecule has 3 rings (SSSR count). The fourth-order valence-corrected chi connectivity index (χ4v) is 4.84. The van der Waals surface area contributed by atoms with E-state index >= 15 is 0 Å². The second-order valence-corrected chi connectivity index (χ2v) is 7.20. The number of alkyl halides is 1. The fourth-order valence-electron chi connectivity index (χ4n) is 3.17. The lowest BCUT2D eigenvalue weighted by Crippen LogP contribution is -2.46. The molecule has 18 heavy (non-hydrogen) atoms. The summed E-state index contributed by atoms with van der Waals surface area (Å²) in [5.74, 6) is 0.874. The highest BCUT2D eigenvalue weighted by molar-refractivity contribution is 9.09. The number of nitrogens with zero attached hydrogens (tertiary/aromatic N) is 1. The monoisotopic (exact) mass is 329 g/mol. The van der Waals surface area contributed by atoms with Gasteiger partial charge in [-0.25, -0.2) is 0 Å². The predicted molar refractivity (Wildman–Crippen MR) is 75.8 cm³/mol. The summed E-state index contributed by atoms with van der Waals surface area (Å²) in [5, 5.41) is 1.92. The number of halogens is 1. The molecule has 1 aromatic heterocycles. The second kappa shape index (κ2) is 4.85. The highest BCUT2D eigenvalue weighted by Gasteiger charge is 2.43. The SMILES string of the molecule is COc1ccsc1C(=O)N1C2CCC1CC(Br)C2. The molecule has 2 aliphatic heterocycles. The first-order valence-corrected chi connectivity index (χ1v) is 8.08. The van der Waals surface area contributed by atoms with Crippen molar-refractivity contribution in [2.45, 2.75) is 42.6 Å². The Morgan fingerprint density at radius 3 is 2.72 bits per heavy atom. The standard InChI is InChI=1S/C13H16BrNO2S/c1-17-11-4-5-18-12(11)13(16)15-9-2-3-10(15)7-8(14)6-9/h4-5,8-10H,2-3,6-7H2,1H3. The highest BCUT2D eigenvalue weighted by Crippen LogP contribution is 2.40. The molecule has 0 N–H and O–H groups in total. The van der Waals surface area contributed by atoms with Gasteiger partial charge in [0.05, 0.1) is 7.11 Å². The van der Waals surface area contributed by atoms with Gasteiger partial charge in [0.1, 0.15) is 10.6 Å². The minimum Gasteiger partial charge on any atom is -0.495 e. The Hall–Kier alpha value is -0.550. The minimum absolute atomic E-state index is 0.161. The number of thiophene rings is 1. The Bertz CT molecular complexity index is 448. The molecule has 3 heterocycles. The minimum atomic E-state index is 0.161. The fraction of sp³-hybridized carbons (Fsp3) is 0.615. The van der Waals surface area contributed by atoms with Crippen molar-refractivity contribution in [3.63, 3.8) is 0 Å². The number of carbonyl (C=O) groups is 1. The van der Waals surface area contributed by atoms with Gasteiger partial charge in [-0.1, -0.05) is 15.9 Å². The summed E-state index contributed by atoms with van der Waals surface area (Å²) in [4.78, 5) is 16.1. The van der Waals surface area contributed by atoms with Crippen molar-refractivity contribution in [3.8, 4) is 5.75 Å². The molecule has 2 bridgehead atoms. The molecule has 1 aromatic rings. The van der Waals surface area contributed by atoms with E-state index in [-0.39, 0.29) is 5.91 Å². The average Bonchev–Trinajstić information content (AvgIpc) is 2.92. The van der Waals surface area contributed by atoms with Gasteiger partial charge in [-0.2, -0.15) is 0 Å². The maximum absolute atomic E-state index is 12.6. The van der Waals surface area contributed by atoms with Crippen molar-refractivity contribution < 1.29 is 9.53 Å². The molecule has 0 saturated carbocycles. The quantitative estimate of drug-likeness (QED) is 0.779. The van der Waals surface area contributed by atoms with Crippen LogP contribution in [0.2, 0.25) is 0 Å². The van der Waals surface area contributed by atoms with Crippen LogP contribution >= 0.6 is 27.3 Å². The molecular formula is C13H16BrNO2S. The molecular weight excluding hydrogens is 314 g/mol. The lowest BCUT2D eigenvalue weighted by molar-refractivity contribution is 0.0605. The van der Waals surface area contributed by atoms with Crippen molar-refractivity contribution in [1.82, 2.24) is 4.90 Å². The molecule has 2 aliphatic rings. The zero-order valence-corrected chi connectivity index (χ0v) is 12.7. The van der Waals surface area contributed by atoms with Gasteiger partial charge >= 0.3 is 0 Å². The third kappa shape index (κ3) is 1.97. The molecule has 0 spiro atoms. The van der Waals surface area contributed by atoms with Crippen LogP contribution in [0.4, 0.5) is 0 Å². The number of hydrogen-bond acceptors (Lipinski definition) is 3. The summed E-state index contributed by atoms with van der Waals surface area (Å²) >= 11 is 5.18. The lowest BCUT2D eigenvalue weighted by Gasteiger charge is -2.37. The molecule has 2 unspecified atom stereocenters. The molecule has 3 nitrogen and oxygen atoms in total. The normalized spacial score (nSPS) is 30.6. The van der Waals surface area contributed by atoms with Crippen LogP contribution in [0.15, 0.2) is 11.4 Å². The van der Waals surface area contributed by atoms with Gasteiger partial charge in [0.15, 0.2) is 0 Å². The van der Waals surface area contributed by atoms with Crippen LogP contribution in [0.5, 0.6) is 5.75 Å². The van der Waals surface area contributed by atoms with Crippen LogP contribution in [0, 0.1) is 0 Å². The van der Waals surface area contributed by atoms with Crippen molar-refractivity contribution in [3.05, 3.63) is 16.3 Å². The van der Waals surface area contributed by atoms with E-state index in [1.54, 1.807) is 7.11 Å². The van der Waals surface area contributed by atoms with Gasteiger partial charge in [-0.3, -0.25) is 4.79 Å². The first kappa shape index (κ1) is 12.5. The number of methoxy groups -OCH3 is 1. The van der Waals surface area contributed by atoms with Gasteiger partial charge in [-0.05, 0) is 37.1 Å². The van der Waals surface area contributed by atoms with Crippen LogP contribution in [-0.4, -0.2) is 34.8 Å². The Kier molecular flexibility index (Phi) is 3.36. The van der Waals surface area contributed by atoms with Gasteiger partial charge < -0.3 is 9.64 Å². The van der Waals surface area contributed by atoms with Crippen LogP contribution < -0.4 is 4.74 Å². The van der Waals surface area contributed by atoms with E-state index in [1.807, 2.05) is 11.4 Å². The number of fused-ring (bicyclic) bond motifs is 2. The Morgan fingerprint density at radius 1 is 1.44 bits per heavy atom. The van der Waals surface area contributed by atoms with Gasteiger partial charge in [0.25, 0.3) is 5.91 Å². The molecule has 98 valence electrons. The smallest absolute Gasteiger partial charge is 0.268 e. The van der Waals surface area contributed by atoms with Crippen molar-refractivity contribution >= 4 is 33.2 Å². The van der Waals surface area contributed by atoms with E-state index in [9.17, 15) is 4.79 Å². The number of carbonyl (C=O) groups excluding carboxylic acids is 1. The molecule has 2 atom stereocenters. The summed E-state index contributed by atoms with van der Waals surface area (Å²) in [5.41, 5.74) is 0. The van der Waals surface area contributed by atoms with E-state index in [2.05, 4.69) is 20.8 Å². The summed E-state index contributed by atoms with van der Waals surface area (Å²) in [7, 11) is 1.62. The zero-order chi connectivity index (χ0) is 12.7. The Balaban J connectivity index is 1.85. The first-order valence-electron chi connectivity index (χ1n) is 6.29. The molecule has 0 aromatic carbocycles. The highest BCUT2D eigenvalue weighted by atomic mass is 79.9. The van der Waals surface area contributed by atoms with E-state index in [0.29, 0.717) is 22.7 Å². The average molecular weight is 330 g/mol. The largest absolute Gasteiger partial charge is 0.495 e. The van der Waals surface area contributed by atoms with Crippen LogP contribution in [0.25, 0.3) is 0 Å². The van der Waals surface area contributed by atoms with Crippen LogP contribution in [0.1, 0.15) is 35.4 Å². The third-order valence-electron chi connectivity index (χ3n) is 3.95. The second-order valence-electron chi connectivity index (χ2n) is 4.98. The van der Waals surface area contributed by atoms with Crippen LogP contribution in [-0.2, 0) is 0 Å². The number of hydrogen-bond donors (Lipinski definition) is 0. The van der Waals surface area contributed by atoms with Crippen molar-refractivity contribution in [1.29, 1.82) is 0 Å². The molecule has 0 aliphatic carbocycles. The molecule has 2 fully saturated rings. The predicted octanol–water partition coefficient (Wildman–Crippen LogP) is 3.29. The van der Waals surface area contributed by atoms with E-state index in [0.717, 1.165) is 30.6 Å². The number of ether oxygens (including phenoxy) is 1. The number of amides is 1. The number of rotatable bonds is 2. The molecule has 0 radical (unpaired) electrons. The molecule has 2 saturated heterocycles.